The molecule has 0 saturated carbocycles. The fraction of sp³-hybridized carbons (Fsp3) is 0.200. The second-order valence-electron chi connectivity index (χ2n) is 4.84. The van der Waals surface area contributed by atoms with Crippen LogP contribution in [0.2, 0.25) is 0 Å². The van der Waals surface area contributed by atoms with Crippen LogP contribution in [0.3, 0.4) is 0 Å². The number of ether oxygens (including phenoxy) is 1. The van der Waals surface area contributed by atoms with Crippen molar-refractivity contribution in [2.75, 3.05) is 17.2 Å². The summed E-state index contributed by atoms with van der Waals surface area (Å²) in [6, 6.07) is 9.13. The van der Waals surface area contributed by atoms with E-state index in [0.717, 1.165) is 5.56 Å². The van der Waals surface area contributed by atoms with Crippen molar-refractivity contribution < 1.29 is 9.53 Å². The van der Waals surface area contributed by atoms with Crippen LogP contribution in [0.15, 0.2) is 30.5 Å². The molecule has 0 radical (unpaired) electrons. The summed E-state index contributed by atoms with van der Waals surface area (Å²) in [6.07, 6.45) is 1.53. The van der Waals surface area contributed by atoms with Crippen molar-refractivity contribution in [2.45, 2.75) is 13.0 Å². The highest BCUT2D eigenvalue weighted by Gasteiger charge is 2.17. The van der Waals surface area contributed by atoms with E-state index in [0.29, 0.717) is 17.3 Å². The molecule has 1 atom stereocenters. The molecule has 0 aliphatic carbocycles. The van der Waals surface area contributed by atoms with E-state index in [1.165, 1.54) is 6.20 Å². The summed E-state index contributed by atoms with van der Waals surface area (Å²) >= 11 is 0. The lowest BCUT2D eigenvalue weighted by molar-refractivity contribution is -0.118. The number of carbonyl (C=O) groups excluding carboxylic acids is 1. The first-order valence-electron chi connectivity index (χ1n) is 6.72. The summed E-state index contributed by atoms with van der Waals surface area (Å²) < 4.78 is 5.33. The van der Waals surface area contributed by atoms with Crippen LogP contribution in [-0.4, -0.2) is 22.5 Å². The second-order valence-corrected chi connectivity index (χ2v) is 4.84. The highest BCUT2D eigenvalue weighted by Crippen LogP contribution is 2.31. The first kappa shape index (κ1) is 13.8. The van der Waals surface area contributed by atoms with Crippen molar-refractivity contribution in [1.29, 1.82) is 5.26 Å². The van der Waals surface area contributed by atoms with E-state index in [9.17, 15) is 4.79 Å². The Morgan fingerprint density at radius 3 is 3.14 bits per heavy atom. The average molecular weight is 295 g/mol. The van der Waals surface area contributed by atoms with E-state index >= 15 is 0 Å². The van der Waals surface area contributed by atoms with E-state index in [4.69, 9.17) is 10.00 Å². The monoisotopic (exact) mass is 295 g/mol. The summed E-state index contributed by atoms with van der Waals surface area (Å²) in [5.41, 5.74) is 1.62. The highest BCUT2D eigenvalue weighted by molar-refractivity contribution is 5.95. The molecule has 1 aliphatic rings. The van der Waals surface area contributed by atoms with Crippen molar-refractivity contribution >= 4 is 17.4 Å². The van der Waals surface area contributed by atoms with Crippen LogP contribution in [0.4, 0.5) is 11.5 Å². The van der Waals surface area contributed by atoms with Crippen molar-refractivity contribution in [3.8, 4) is 11.8 Å². The smallest absolute Gasteiger partial charge is 0.262 e. The lowest BCUT2D eigenvalue weighted by atomic mass is 10.1. The topological polar surface area (TPSA) is 99.9 Å². The molecule has 3 rings (SSSR count). The Hall–Kier alpha value is -3.14. The summed E-state index contributed by atoms with van der Waals surface area (Å²) in [5.74, 6) is 1.17. The highest BCUT2D eigenvalue weighted by atomic mass is 16.5. The minimum atomic E-state index is -0.167. The Morgan fingerprint density at radius 2 is 2.32 bits per heavy atom. The molecule has 1 aliphatic heterocycles. The Morgan fingerprint density at radius 1 is 1.45 bits per heavy atom. The molecule has 0 bridgehead atoms. The number of benzene rings is 1. The van der Waals surface area contributed by atoms with Crippen LogP contribution < -0.4 is 15.4 Å². The van der Waals surface area contributed by atoms with Gasteiger partial charge in [-0.15, -0.1) is 0 Å². The van der Waals surface area contributed by atoms with Gasteiger partial charge in [0, 0.05) is 6.20 Å². The molecule has 0 saturated heterocycles. The van der Waals surface area contributed by atoms with Gasteiger partial charge in [0.25, 0.3) is 5.91 Å². The second kappa shape index (κ2) is 5.69. The van der Waals surface area contributed by atoms with Crippen LogP contribution in [-0.2, 0) is 4.79 Å². The summed E-state index contributed by atoms with van der Waals surface area (Å²) in [7, 11) is 0. The molecular formula is C15H13N5O2. The Bertz CT molecular complexity index is 769. The van der Waals surface area contributed by atoms with E-state index in [1.54, 1.807) is 6.07 Å². The molecule has 1 aromatic heterocycles. The quantitative estimate of drug-likeness (QED) is 0.896. The van der Waals surface area contributed by atoms with Gasteiger partial charge in [-0.1, -0.05) is 6.07 Å². The fourth-order valence-electron chi connectivity index (χ4n) is 2.17. The third-order valence-electron chi connectivity index (χ3n) is 3.26. The van der Waals surface area contributed by atoms with Gasteiger partial charge in [0.2, 0.25) is 5.82 Å². The zero-order chi connectivity index (χ0) is 15.5. The minimum absolute atomic E-state index is 0.0397. The Balaban J connectivity index is 1.80. The van der Waals surface area contributed by atoms with Gasteiger partial charge >= 0.3 is 0 Å². The molecule has 1 aromatic carbocycles. The summed E-state index contributed by atoms with van der Waals surface area (Å²) in [4.78, 5) is 19.3. The molecule has 2 heterocycles. The number of nitriles is 1. The van der Waals surface area contributed by atoms with Crippen molar-refractivity contribution in [1.82, 2.24) is 9.97 Å². The maximum Gasteiger partial charge on any atom is 0.262 e. The first-order valence-corrected chi connectivity index (χ1v) is 6.72. The molecule has 2 aromatic rings. The van der Waals surface area contributed by atoms with Crippen LogP contribution >= 0.6 is 0 Å². The van der Waals surface area contributed by atoms with Crippen molar-refractivity contribution in [2.24, 2.45) is 0 Å². The number of amides is 1. The standard InChI is InChI=1S/C15H13N5O2/c1-9(18-13-4-5-17-14(7-16)20-13)10-2-3-12-11(6-10)19-15(21)8-22-12/h2-6,9H,8H2,1H3,(H,19,21)(H,17,18,20). The number of aromatic nitrogens is 2. The maximum absolute atomic E-state index is 11.4. The number of fused-ring (bicyclic) bond motifs is 1. The van der Waals surface area contributed by atoms with Crippen molar-refractivity contribution in [3.05, 3.63) is 41.9 Å². The first-order chi connectivity index (χ1) is 10.7. The predicted molar refractivity (Wildman–Crippen MR) is 79.4 cm³/mol. The maximum atomic E-state index is 11.4. The number of nitrogens with zero attached hydrogens (tertiary/aromatic N) is 3. The van der Waals surface area contributed by atoms with Gasteiger partial charge in [-0.05, 0) is 30.7 Å². The van der Waals surface area contributed by atoms with E-state index in [2.05, 4.69) is 20.6 Å². The Labute approximate surface area is 127 Å². The van der Waals surface area contributed by atoms with Gasteiger partial charge in [0.15, 0.2) is 6.61 Å². The van der Waals surface area contributed by atoms with Crippen LogP contribution in [0.25, 0.3) is 0 Å². The molecule has 22 heavy (non-hydrogen) atoms. The molecule has 110 valence electrons. The lowest BCUT2D eigenvalue weighted by Crippen LogP contribution is -2.25. The number of nitrogens with one attached hydrogen (secondary N) is 2. The largest absolute Gasteiger partial charge is 0.482 e. The molecule has 1 amide bonds. The van der Waals surface area contributed by atoms with Gasteiger partial charge in [0.05, 0.1) is 11.7 Å². The predicted octanol–water partition coefficient (Wildman–Crippen LogP) is 1.85. The normalized spacial score (nSPS) is 14.1. The molecular weight excluding hydrogens is 282 g/mol. The fourth-order valence-corrected chi connectivity index (χ4v) is 2.17. The van der Waals surface area contributed by atoms with Crippen molar-refractivity contribution in [3.63, 3.8) is 0 Å². The summed E-state index contributed by atoms with van der Waals surface area (Å²) in [5, 5.41) is 14.8. The molecule has 2 N–H and O–H groups in total. The lowest BCUT2D eigenvalue weighted by Gasteiger charge is -2.21. The van der Waals surface area contributed by atoms with E-state index in [-0.39, 0.29) is 24.4 Å². The van der Waals surface area contributed by atoms with E-state index in [1.807, 2.05) is 31.2 Å². The van der Waals surface area contributed by atoms with Crippen LogP contribution in [0.1, 0.15) is 24.4 Å². The third-order valence-corrected chi connectivity index (χ3v) is 3.26. The molecule has 1 unspecified atom stereocenters. The molecule has 0 spiro atoms. The van der Waals surface area contributed by atoms with Gasteiger partial charge in [-0.2, -0.15) is 5.26 Å². The number of hydrogen-bond donors (Lipinski definition) is 2. The van der Waals surface area contributed by atoms with Crippen LogP contribution in [0.5, 0.6) is 5.75 Å². The Kier molecular flexibility index (Phi) is 3.58. The van der Waals surface area contributed by atoms with Gasteiger partial charge in [-0.3, -0.25) is 4.79 Å². The zero-order valence-corrected chi connectivity index (χ0v) is 11.8. The van der Waals surface area contributed by atoms with E-state index < -0.39 is 0 Å². The number of hydrogen-bond acceptors (Lipinski definition) is 6. The molecule has 0 fully saturated rings. The van der Waals surface area contributed by atoms with Gasteiger partial charge in [-0.25, -0.2) is 9.97 Å². The van der Waals surface area contributed by atoms with Gasteiger partial charge in [0.1, 0.15) is 17.6 Å². The zero-order valence-electron chi connectivity index (χ0n) is 11.8. The number of anilines is 2. The minimum Gasteiger partial charge on any atom is -0.482 e. The third kappa shape index (κ3) is 2.81. The summed E-state index contributed by atoms with van der Waals surface area (Å²) in [6.45, 7) is 2.00. The SMILES string of the molecule is CC(Nc1ccnc(C#N)n1)c1ccc2c(c1)NC(=O)CO2. The average Bonchev–Trinajstić information content (AvgIpc) is 2.54. The van der Waals surface area contributed by atoms with Gasteiger partial charge < -0.3 is 15.4 Å². The molecule has 7 nitrogen and oxygen atoms in total. The number of rotatable bonds is 3. The molecule has 7 heteroatoms. The number of carbonyl (C=O) groups is 1. The van der Waals surface area contributed by atoms with Crippen LogP contribution in [0, 0.1) is 11.3 Å².